The minimum atomic E-state index is -0.730. The molecular formula is C22H26N2O3. The van der Waals surface area contributed by atoms with Gasteiger partial charge in [0.1, 0.15) is 0 Å². The summed E-state index contributed by atoms with van der Waals surface area (Å²) in [5, 5.41) is 9.13. The molecule has 1 saturated heterocycles. The number of carbonyl (C=O) groups excluding carboxylic acids is 1. The Bertz CT molecular complexity index is 716. The van der Waals surface area contributed by atoms with Crippen molar-refractivity contribution in [1.29, 1.82) is 0 Å². The quantitative estimate of drug-likeness (QED) is 0.854. The topological polar surface area (TPSA) is 60.9 Å². The Kier molecular flexibility index (Phi) is 6.24. The van der Waals surface area contributed by atoms with Gasteiger partial charge in [-0.1, -0.05) is 60.7 Å². The summed E-state index contributed by atoms with van der Waals surface area (Å²) >= 11 is 0. The van der Waals surface area contributed by atoms with E-state index in [1.165, 1.54) is 0 Å². The lowest BCUT2D eigenvalue weighted by atomic mass is 9.96. The molecule has 5 heteroatoms. The van der Waals surface area contributed by atoms with E-state index in [2.05, 4.69) is 4.90 Å². The lowest BCUT2D eigenvalue weighted by Gasteiger charge is -2.34. The Balaban J connectivity index is 1.72. The Morgan fingerprint density at radius 2 is 1.48 bits per heavy atom. The predicted molar refractivity (Wildman–Crippen MR) is 104 cm³/mol. The number of rotatable bonds is 6. The van der Waals surface area contributed by atoms with Crippen molar-refractivity contribution >= 4 is 11.9 Å². The zero-order valence-electron chi connectivity index (χ0n) is 15.6. The van der Waals surface area contributed by atoms with Gasteiger partial charge in [0.25, 0.3) is 0 Å². The zero-order chi connectivity index (χ0) is 19.2. The maximum absolute atomic E-state index is 13.0. The lowest BCUT2D eigenvalue weighted by molar-refractivity contribution is -0.143. The Morgan fingerprint density at radius 3 is 1.93 bits per heavy atom. The number of hydrogen-bond acceptors (Lipinski definition) is 3. The molecule has 0 aromatic heterocycles. The molecule has 1 amide bonds. The number of likely N-dealkylation sites (N-methyl/N-ethyl adjacent to an activating group) is 1. The van der Waals surface area contributed by atoms with Gasteiger partial charge in [0.2, 0.25) is 5.91 Å². The molecule has 1 fully saturated rings. The Morgan fingerprint density at radius 1 is 1.00 bits per heavy atom. The highest BCUT2D eigenvalue weighted by Crippen LogP contribution is 2.28. The second kappa shape index (κ2) is 8.82. The fourth-order valence-corrected chi connectivity index (χ4v) is 3.70. The molecule has 0 atom stereocenters. The van der Waals surface area contributed by atoms with Crippen molar-refractivity contribution in [1.82, 2.24) is 9.80 Å². The molecule has 0 bridgehead atoms. The van der Waals surface area contributed by atoms with Gasteiger partial charge in [0.15, 0.2) is 0 Å². The minimum absolute atomic E-state index is 0.0430. The van der Waals surface area contributed by atoms with Crippen molar-refractivity contribution < 1.29 is 14.7 Å². The molecule has 0 spiro atoms. The van der Waals surface area contributed by atoms with Gasteiger partial charge in [-0.25, -0.2) is 0 Å². The highest BCUT2D eigenvalue weighted by atomic mass is 16.4. The average Bonchev–Trinajstić information content (AvgIpc) is 2.70. The number of piperidine rings is 1. The van der Waals surface area contributed by atoms with Crippen LogP contribution in [0.1, 0.15) is 30.0 Å². The van der Waals surface area contributed by atoms with Gasteiger partial charge in [-0.15, -0.1) is 0 Å². The van der Waals surface area contributed by atoms with Crippen LogP contribution in [-0.2, 0) is 9.59 Å². The number of aliphatic carboxylic acids is 1. The van der Waals surface area contributed by atoms with Crippen LogP contribution in [0.4, 0.5) is 0 Å². The first-order valence-corrected chi connectivity index (χ1v) is 9.37. The molecule has 1 heterocycles. The van der Waals surface area contributed by atoms with Crippen LogP contribution in [0.25, 0.3) is 0 Å². The summed E-state index contributed by atoms with van der Waals surface area (Å²) in [7, 11) is 1.84. The van der Waals surface area contributed by atoms with Gasteiger partial charge < -0.3 is 10.0 Å². The number of carboxylic acid groups (broad SMARTS) is 1. The number of carbonyl (C=O) groups is 2. The largest absolute Gasteiger partial charge is 0.481 e. The first kappa shape index (κ1) is 19.1. The molecule has 0 aliphatic carbocycles. The first-order chi connectivity index (χ1) is 13.1. The fraction of sp³-hybridized carbons (Fsp3) is 0.364. The van der Waals surface area contributed by atoms with Crippen molar-refractivity contribution in [2.75, 3.05) is 26.7 Å². The fourth-order valence-electron chi connectivity index (χ4n) is 3.70. The molecule has 0 unspecified atom stereocenters. The van der Waals surface area contributed by atoms with E-state index in [9.17, 15) is 9.59 Å². The Hall–Kier alpha value is -2.66. The van der Waals surface area contributed by atoms with Crippen molar-refractivity contribution in [3.05, 3.63) is 71.8 Å². The summed E-state index contributed by atoms with van der Waals surface area (Å²) in [4.78, 5) is 27.9. The minimum Gasteiger partial charge on any atom is -0.481 e. The summed E-state index contributed by atoms with van der Waals surface area (Å²) in [5.41, 5.74) is 2.15. The van der Waals surface area contributed by atoms with Crippen LogP contribution >= 0.6 is 0 Å². The van der Waals surface area contributed by atoms with Crippen molar-refractivity contribution in [2.45, 2.75) is 18.9 Å². The van der Waals surface area contributed by atoms with Crippen LogP contribution in [0, 0.1) is 5.92 Å². The third kappa shape index (κ3) is 4.74. The smallest absolute Gasteiger partial charge is 0.306 e. The van der Waals surface area contributed by atoms with E-state index >= 15 is 0 Å². The van der Waals surface area contributed by atoms with Crippen molar-refractivity contribution in [3.8, 4) is 0 Å². The summed E-state index contributed by atoms with van der Waals surface area (Å²) < 4.78 is 0. The predicted octanol–water partition coefficient (Wildman–Crippen LogP) is 3.03. The third-order valence-electron chi connectivity index (χ3n) is 5.31. The van der Waals surface area contributed by atoms with Crippen LogP contribution < -0.4 is 0 Å². The molecule has 142 valence electrons. The number of hydrogen-bond donors (Lipinski definition) is 1. The standard InChI is InChI=1S/C22H26N2O3/c1-23(20(25)16-24-14-12-19(13-15-24)22(26)27)21(17-8-4-2-5-9-17)18-10-6-3-7-11-18/h2-11,19,21H,12-16H2,1H3,(H,26,27). The first-order valence-electron chi connectivity index (χ1n) is 9.37. The summed E-state index contributed by atoms with van der Waals surface area (Å²) in [6.45, 7) is 1.62. The van der Waals surface area contributed by atoms with Crippen LogP contribution in [0.5, 0.6) is 0 Å². The van der Waals surface area contributed by atoms with Crippen molar-refractivity contribution in [3.63, 3.8) is 0 Å². The molecular weight excluding hydrogens is 340 g/mol. The molecule has 1 aliphatic rings. The monoisotopic (exact) mass is 366 g/mol. The van der Waals surface area contributed by atoms with Gasteiger partial charge in [-0.3, -0.25) is 14.5 Å². The van der Waals surface area contributed by atoms with E-state index in [4.69, 9.17) is 5.11 Å². The van der Waals surface area contributed by atoms with Crippen LogP contribution in [0.2, 0.25) is 0 Å². The molecule has 1 aliphatic heterocycles. The van der Waals surface area contributed by atoms with E-state index in [1.54, 1.807) is 4.90 Å². The second-order valence-electron chi connectivity index (χ2n) is 7.12. The number of amides is 1. The van der Waals surface area contributed by atoms with E-state index in [1.807, 2.05) is 67.7 Å². The Labute approximate surface area is 160 Å². The van der Waals surface area contributed by atoms with E-state index in [0.717, 1.165) is 11.1 Å². The maximum Gasteiger partial charge on any atom is 0.306 e. The van der Waals surface area contributed by atoms with Gasteiger partial charge in [0.05, 0.1) is 18.5 Å². The van der Waals surface area contributed by atoms with Crippen molar-refractivity contribution in [2.24, 2.45) is 5.92 Å². The summed E-state index contributed by atoms with van der Waals surface area (Å²) in [6.07, 6.45) is 1.21. The molecule has 2 aromatic rings. The summed E-state index contributed by atoms with van der Waals surface area (Å²) in [5.74, 6) is -0.969. The second-order valence-corrected chi connectivity index (χ2v) is 7.12. The molecule has 3 rings (SSSR count). The van der Waals surface area contributed by atoms with Crippen LogP contribution in [0.15, 0.2) is 60.7 Å². The zero-order valence-corrected chi connectivity index (χ0v) is 15.6. The number of carboxylic acids is 1. The van der Waals surface area contributed by atoms with Crippen LogP contribution in [0.3, 0.4) is 0 Å². The highest BCUT2D eigenvalue weighted by molar-refractivity contribution is 5.79. The number of likely N-dealkylation sites (tertiary alicyclic amines) is 1. The highest BCUT2D eigenvalue weighted by Gasteiger charge is 2.28. The van der Waals surface area contributed by atoms with E-state index in [0.29, 0.717) is 32.5 Å². The van der Waals surface area contributed by atoms with Gasteiger partial charge in [-0.2, -0.15) is 0 Å². The molecule has 1 N–H and O–H groups in total. The van der Waals surface area contributed by atoms with Gasteiger partial charge in [-0.05, 0) is 37.1 Å². The normalized spacial score (nSPS) is 15.6. The summed E-state index contributed by atoms with van der Waals surface area (Å²) in [6, 6.07) is 19.9. The SMILES string of the molecule is CN(C(=O)CN1CCC(C(=O)O)CC1)C(c1ccccc1)c1ccccc1. The third-order valence-corrected chi connectivity index (χ3v) is 5.31. The average molecular weight is 366 g/mol. The molecule has 0 saturated carbocycles. The van der Waals surface area contributed by atoms with E-state index in [-0.39, 0.29) is 17.9 Å². The number of benzene rings is 2. The molecule has 27 heavy (non-hydrogen) atoms. The lowest BCUT2D eigenvalue weighted by Crippen LogP contribution is -2.44. The maximum atomic E-state index is 13.0. The molecule has 5 nitrogen and oxygen atoms in total. The van der Waals surface area contributed by atoms with Gasteiger partial charge in [0, 0.05) is 7.05 Å². The molecule has 2 aromatic carbocycles. The van der Waals surface area contributed by atoms with E-state index < -0.39 is 5.97 Å². The number of nitrogens with zero attached hydrogens (tertiary/aromatic N) is 2. The molecule has 0 radical (unpaired) electrons. The van der Waals surface area contributed by atoms with Gasteiger partial charge >= 0.3 is 5.97 Å². The van der Waals surface area contributed by atoms with Crippen LogP contribution in [-0.4, -0.2) is 53.5 Å².